The summed E-state index contributed by atoms with van der Waals surface area (Å²) in [7, 11) is 0. The lowest BCUT2D eigenvalue weighted by Crippen LogP contribution is -2.03. The maximum atomic E-state index is 6.01. The van der Waals surface area contributed by atoms with Crippen LogP contribution in [0.15, 0.2) is 41.7 Å². The van der Waals surface area contributed by atoms with Gasteiger partial charge in [0.25, 0.3) is 0 Å². The van der Waals surface area contributed by atoms with Crippen LogP contribution in [0.4, 0.5) is 5.82 Å². The number of hydrogen-bond acceptors (Lipinski definition) is 6. The summed E-state index contributed by atoms with van der Waals surface area (Å²) in [6.07, 6.45) is 7.15. The third kappa shape index (κ3) is 3.03. The van der Waals surface area contributed by atoms with Gasteiger partial charge in [-0.15, -0.1) is 10.2 Å². The highest BCUT2D eigenvalue weighted by atomic mass is 15.2. The summed E-state index contributed by atoms with van der Waals surface area (Å²) in [5.74, 6) is 1.49. The average Bonchev–Trinajstić information content (AvgIpc) is 3.13. The van der Waals surface area contributed by atoms with Crippen LogP contribution in [-0.2, 0) is 0 Å². The van der Waals surface area contributed by atoms with E-state index in [9.17, 15) is 0 Å². The number of aromatic nitrogens is 5. The number of allylic oxidation sites excluding steroid dienone is 1. The number of nitrogens with zero attached hydrogens (tertiary/aromatic N) is 5. The van der Waals surface area contributed by atoms with Crippen LogP contribution in [0.25, 0.3) is 28.5 Å². The summed E-state index contributed by atoms with van der Waals surface area (Å²) in [5, 5.41) is 8.42. The Kier molecular flexibility index (Phi) is 3.81. The lowest BCUT2D eigenvalue weighted by Gasteiger charge is -2.09. The minimum Gasteiger partial charge on any atom is -0.382 e. The molecular weight excluding hydrogens is 314 g/mol. The zero-order chi connectivity index (χ0) is 17.2. The Balaban J connectivity index is 1.72. The molecule has 0 amide bonds. The smallest absolute Gasteiger partial charge is 0.184 e. The first-order valence-electron chi connectivity index (χ1n) is 8.04. The number of hydrogen-bond donors (Lipinski definition) is 2. The molecule has 3 aromatic rings. The molecule has 7 heteroatoms. The van der Waals surface area contributed by atoms with Gasteiger partial charge in [-0.2, -0.15) is 0 Å². The minimum atomic E-state index is 0.315. The van der Waals surface area contributed by atoms with E-state index in [1.54, 1.807) is 6.20 Å². The Bertz CT molecular complexity index is 985. The van der Waals surface area contributed by atoms with Gasteiger partial charge in [-0.3, -0.25) is 4.99 Å². The molecule has 0 saturated carbocycles. The van der Waals surface area contributed by atoms with E-state index >= 15 is 0 Å². The number of aryl methyl sites for hydroxylation is 1. The van der Waals surface area contributed by atoms with Crippen molar-refractivity contribution in [2.45, 2.75) is 19.8 Å². The van der Waals surface area contributed by atoms with Crippen molar-refractivity contribution in [3.8, 4) is 22.9 Å². The summed E-state index contributed by atoms with van der Waals surface area (Å²) in [5.41, 5.74) is 10.4. The quantitative estimate of drug-likeness (QED) is 0.767. The fourth-order valence-corrected chi connectivity index (χ4v) is 2.71. The lowest BCUT2D eigenvalue weighted by atomic mass is 10.1. The van der Waals surface area contributed by atoms with Gasteiger partial charge in [0.05, 0.1) is 11.9 Å². The van der Waals surface area contributed by atoms with Gasteiger partial charge >= 0.3 is 0 Å². The van der Waals surface area contributed by atoms with Crippen LogP contribution in [0.1, 0.15) is 24.1 Å². The highest BCUT2D eigenvalue weighted by Gasteiger charge is 2.15. The van der Waals surface area contributed by atoms with Gasteiger partial charge < -0.3 is 10.7 Å². The summed E-state index contributed by atoms with van der Waals surface area (Å²) in [6, 6.07) is 8.04. The van der Waals surface area contributed by atoms with Crippen molar-refractivity contribution < 1.29 is 0 Å². The second-order valence-corrected chi connectivity index (χ2v) is 5.91. The molecule has 4 rings (SSSR count). The third-order valence-electron chi connectivity index (χ3n) is 4.01. The van der Waals surface area contributed by atoms with Gasteiger partial charge in [0, 0.05) is 18.0 Å². The number of nitrogen functional groups attached to an aromatic ring is 1. The third-order valence-corrected chi connectivity index (χ3v) is 4.01. The van der Waals surface area contributed by atoms with Crippen molar-refractivity contribution >= 4 is 17.6 Å². The van der Waals surface area contributed by atoms with Gasteiger partial charge in [-0.05, 0) is 31.4 Å². The van der Waals surface area contributed by atoms with Crippen LogP contribution in [0.3, 0.4) is 0 Å². The van der Waals surface area contributed by atoms with E-state index in [1.165, 1.54) is 0 Å². The van der Waals surface area contributed by atoms with Crippen molar-refractivity contribution in [2.24, 2.45) is 4.99 Å². The summed E-state index contributed by atoms with van der Waals surface area (Å²) >= 11 is 0. The van der Waals surface area contributed by atoms with Crippen molar-refractivity contribution in [2.75, 3.05) is 5.73 Å². The molecule has 1 aliphatic heterocycles. The van der Waals surface area contributed by atoms with Crippen LogP contribution in [0.5, 0.6) is 0 Å². The van der Waals surface area contributed by atoms with E-state index in [4.69, 9.17) is 5.73 Å². The zero-order valence-corrected chi connectivity index (χ0v) is 13.8. The van der Waals surface area contributed by atoms with E-state index in [-0.39, 0.29) is 0 Å². The molecule has 25 heavy (non-hydrogen) atoms. The Hall–Kier alpha value is -3.35. The van der Waals surface area contributed by atoms with E-state index in [0.717, 1.165) is 35.2 Å². The van der Waals surface area contributed by atoms with Crippen LogP contribution >= 0.6 is 0 Å². The molecule has 1 aromatic carbocycles. The number of aromatic amines is 1. The van der Waals surface area contributed by atoms with Crippen molar-refractivity contribution in [1.29, 1.82) is 0 Å². The number of H-pyrrole nitrogens is 1. The second-order valence-electron chi connectivity index (χ2n) is 5.91. The van der Waals surface area contributed by atoms with Crippen molar-refractivity contribution in [3.05, 3.63) is 47.9 Å². The molecule has 7 nitrogen and oxygen atoms in total. The first-order chi connectivity index (χ1) is 12.2. The molecular formula is C18H17N7. The Labute approximate surface area is 144 Å². The monoisotopic (exact) mass is 331 g/mol. The molecule has 0 radical (unpaired) electrons. The Morgan fingerprint density at radius 2 is 2.04 bits per heavy atom. The summed E-state index contributed by atoms with van der Waals surface area (Å²) < 4.78 is 0. The topological polar surface area (TPSA) is 106 Å². The molecule has 3 heterocycles. The van der Waals surface area contributed by atoms with Gasteiger partial charge in [0.15, 0.2) is 23.2 Å². The number of anilines is 1. The van der Waals surface area contributed by atoms with Gasteiger partial charge in [0.2, 0.25) is 0 Å². The molecule has 0 unspecified atom stereocenters. The Morgan fingerprint density at radius 3 is 2.84 bits per heavy atom. The number of rotatable bonds is 3. The molecule has 0 saturated heterocycles. The standard InChI is InChI=1S/C18H17N7/c1-11-4-2-5-12(8-11)17-23-18(25-24-17)15-16(19)21-10-14(22-15)13-6-3-7-20-9-13/h2,4-5,7-10H,3,6H2,1H3,(H2,19,21)(H,23,24,25). The molecule has 2 aromatic heterocycles. The summed E-state index contributed by atoms with van der Waals surface area (Å²) in [4.78, 5) is 16.3. The van der Waals surface area contributed by atoms with Crippen molar-refractivity contribution in [3.63, 3.8) is 0 Å². The second kappa shape index (κ2) is 6.27. The van der Waals surface area contributed by atoms with Crippen LogP contribution < -0.4 is 5.73 Å². The van der Waals surface area contributed by atoms with Crippen LogP contribution in [-0.4, -0.2) is 31.4 Å². The predicted octanol–water partition coefficient (Wildman–Crippen LogP) is 3.02. The fraction of sp³-hybridized carbons (Fsp3) is 0.167. The highest BCUT2D eigenvalue weighted by Crippen LogP contribution is 2.26. The molecule has 0 fully saturated rings. The van der Waals surface area contributed by atoms with Crippen molar-refractivity contribution in [1.82, 2.24) is 25.1 Å². The van der Waals surface area contributed by atoms with E-state index in [2.05, 4.69) is 30.1 Å². The molecule has 0 atom stereocenters. The van der Waals surface area contributed by atoms with Gasteiger partial charge in [0.1, 0.15) is 0 Å². The lowest BCUT2D eigenvalue weighted by molar-refractivity contribution is 1.05. The highest BCUT2D eigenvalue weighted by molar-refractivity contribution is 5.74. The molecule has 124 valence electrons. The SMILES string of the molecule is Cc1cccc(-c2nnc(-c3nc(C4=CN=CCC4)cnc3N)[nH]2)c1. The maximum Gasteiger partial charge on any atom is 0.184 e. The minimum absolute atomic E-state index is 0.315. The summed E-state index contributed by atoms with van der Waals surface area (Å²) in [6.45, 7) is 2.04. The normalized spacial score (nSPS) is 13.7. The molecule has 3 N–H and O–H groups in total. The molecule has 0 bridgehead atoms. The number of benzene rings is 1. The number of nitrogens with two attached hydrogens (primary N) is 1. The van der Waals surface area contributed by atoms with Gasteiger partial charge in [-0.25, -0.2) is 9.97 Å². The van der Waals surface area contributed by atoms with E-state index in [1.807, 2.05) is 43.6 Å². The zero-order valence-electron chi connectivity index (χ0n) is 13.8. The van der Waals surface area contributed by atoms with E-state index < -0.39 is 0 Å². The number of aliphatic imine (C=N–C) groups is 1. The first-order valence-corrected chi connectivity index (χ1v) is 8.04. The fourth-order valence-electron chi connectivity index (χ4n) is 2.71. The average molecular weight is 331 g/mol. The van der Waals surface area contributed by atoms with Crippen LogP contribution in [0.2, 0.25) is 0 Å². The maximum absolute atomic E-state index is 6.01. The van der Waals surface area contributed by atoms with Crippen LogP contribution in [0, 0.1) is 6.92 Å². The van der Waals surface area contributed by atoms with E-state index in [0.29, 0.717) is 23.2 Å². The molecule has 1 aliphatic rings. The van der Waals surface area contributed by atoms with Gasteiger partial charge in [-0.1, -0.05) is 23.8 Å². The molecule has 0 aliphatic carbocycles. The Morgan fingerprint density at radius 1 is 1.16 bits per heavy atom. The first kappa shape index (κ1) is 15.2. The largest absolute Gasteiger partial charge is 0.382 e. The predicted molar refractivity (Wildman–Crippen MR) is 97.7 cm³/mol. The molecule has 0 spiro atoms. The number of nitrogens with one attached hydrogen (secondary N) is 1.